The van der Waals surface area contributed by atoms with Gasteiger partial charge < -0.3 is 9.67 Å². The standard InChI is InChI=1S/C18H13ClIN3O2/c19-13-4-6-14(7-5-13)23-9-1-2-15(23)11-21-22-18(25)12-3-8-16(20)17(24)10-12/h1-11,24H,(H,22,25)/b21-11+. The molecule has 126 valence electrons. The number of rotatable bonds is 4. The van der Waals surface area contributed by atoms with Gasteiger partial charge in [0.15, 0.2) is 0 Å². The molecule has 0 aliphatic carbocycles. The van der Waals surface area contributed by atoms with Crippen LogP contribution in [0.3, 0.4) is 0 Å². The Morgan fingerprint density at radius 3 is 2.68 bits per heavy atom. The van der Waals surface area contributed by atoms with E-state index < -0.39 is 5.91 Å². The highest BCUT2D eigenvalue weighted by atomic mass is 127. The lowest BCUT2D eigenvalue weighted by molar-refractivity contribution is 0.0954. The number of halogens is 2. The number of nitrogens with zero attached hydrogens (tertiary/aromatic N) is 2. The van der Waals surface area contributed by atoms with Crippen molar-refractivity contribution < 1.29 is 9.90 Å². The van der Waals surface area contributed by atoms with Crippen LogP contribution in [0.25, 0.3) is 5.69 Å². The van der Waals surface area contributed by atoms with Gasteiger partial charge in [-0.25, -0.2) is 5.43 Å². The zero-order valence-corrected chi connectivity index (χ0v) is 15.8. The van der Waals surface area contributed by atoms with Crippen LogP contribution in [0.15, 0.2) is 65.9 Å². The number of aromatic hydroxyl groups is 1. The predicted molar refractivity (Wildman–Crippen MR) is 107 cm³/mol. The molecule has 0 bridgehead atoms. The number of carbonyl (C=O) groups is 1. The summed E-state index contributed by atoms with van der Waals surface area (Å²) in [6, 6.07) is 15.9. The number of benzene rings is 2. The first-order chi connectivity index (χ1) is 12.0. The summed E-state index contributed by atoms with van der Waals surface area (Å²) in [5, 5.41) is 14.3. The Morgan fingerprint density at radius 2 is 1.96 bits per heavy atom. The molecule has 5 nitrogen and oxygen atoms in total. The van der Waals surface area contributed by atoms with Crippen LogP contribution in [0.1, 0.15) is 16.1 Å². The molecule has 3 aromatic rings. The third-order valence-corrected chi connectivity index (χ3v) is 4.62. The molecule has 0 spiro atoms. The fourth-order valence-electron chi connectivity index (χ4n) is 2.21. The molecule has 0 aliphatic heterocycles. The molecule has 0 saturated heterocycles. The second-order valence-electron chi connectivity index (χ2n) is 5.14. The number of hydrogen-bond acceptors (Lipinski definition) is 3. The molecule has 0 saturated carbocycles. The minimum Gasteiger partial charge on any atom is -0.507 e. The Labute approximate surface area is 163 Å². The molecule has 0 fully saturated rings. The summed E-state index contributed by atoms with van der Waals surface area (Å²) < 4.78 is 2.60. The molecule has 0 radical (unpaired) electrons. The van der Waals surface area contributed by atoms with Gasteiger partial charge in [-0.05, 0) is 77.2 Å². The lowest BCUT2D eigenvalue weighted by atomic mass is 10.2. The average molecular weight is 466 g/mol. The van der Waals surface area contributed by atoms with Crippen LogP contribution in [0.4, 0.5) is 0 Å². The lowest BCUT2D eigenvalue weighted by Crippen LogP contribution is -2.17. The minimum absolute atomic E-state index is 0.0637. The van der Waals surface area contributed by atoms with Crippen LogP contribution >= 0.6 is 34.2 Å². The summed E-state index contributed by atoms with van der Waals surface area (Å²) in [5.74, 6) is -0.332. The molecular formula is C18H13ClIN3O2. The third kappa shape index (κ3) is 4.21. The maximum absolute atomic E-state index is 12.1. The smallest absolute Gasteiger partial charge is 0.271 e. The van der Waals surface area contributed by atoms with Crippen molar-refractivity contribution in [1.82, 2.24) is 9.99 Å². The summed E-state index contributed by atoms with van der Waals surface area (Å²) in [5.41, 5.74) is 4.52. The molecule has 0 atom stereocenters. The van der Waals surface area contributed by atoms with Crippen LogP contribution in [0.5, 0.6) is 5.75 Å². The maximum Gasteiger partial charge on any atom is 0.271 e. The number of aromatic nitrogens is 1. The fraction of sp³-hybridized carbons (Fsp3) is 0. The van der Waals surface area contributed by atoms with Crippen LogP contribution in [0.2, 0.25) is 5.02 Å². The number of nitrogens with one attached hydrogen (secondary N) is 1. The molecule has 1 aromatic heterocycles. The highest BCUT2D eigenvalue weighted by Crippen LogP contribution is 2.20. The second-order valence-corrected chi connectivity index (χ2v) is 6.74. The van der Waals surface area contributed by atoms with E-state index in [-0.39, 0.29) is 5.75 Å². The second kappa shape index (κ2) is 7.71. The van der Waals surface area contributed by atoms with E-state index in [1.165, 1.54) is 6.07 Å². The van der Waals surface area contributed by atoms with Crippen molar-refractivity contribution in [2.75, 3.05) is 0 Å². The molecular weight excluding hydrogens is 453 g/mol. The minimum atomic E-state index is -0.396. The van der Waals surface area contributed by atoms with E-state index in [9.17, 15) is 9.90 Å². The van der Waals surface area contributed by atoms with E-state index in [1.807, 2.05) is 69.8 Å². The van der Waals surface area contributed by atoms with Crippen LogP contribution < -0.4 is 5.43 Å². The number of hydrogen-bond donors (Lipinski definition) is 2. The van der Waals surface area contributed by atoms with Gasteiger partial charge in [-0.2, -0.15) is 5.10 Å². The van der Waals surface area contributed by atoms with Gasteiger partial charge in [-0.15, -0.1) is 0 Å². The summed E-state index contributed by atoms with van der Waals surface area (Å²) >= 11 is 7.90. The molecule has 3 rings (SSSR count). The van der Waals surface area contributed by atoms with Crippen LogP contribution in [0, 0.1) is 3.57 Å². The highest BCUT2D eigenvalue weighted by Gasteiger charge is 2.07. The Hall–Kier alpha value is -2.32. The monoisotopic (exact) mass is 465 g/mol. The summed E-state index contributed by atoms with van der Waals surface area (Å²) in [6.07, 6.45) is 3.45. The number of phenolic OH excluding ortho intramolecular Hbond substituents is 1. The van der Waals surface area contributed by atoms with Gasteiger partial charge in [0.05, 0.1) is 15.5 Å². The Kier molecular flexibility index (Phi) is 5.40. The molecule has 1 amide bonds. The van der Waals surface area contributed by atoms with E-state index in [0.29, 0.717) is 14.2 Å². The van der Waals surface area contributed by atoms with Crippen molar-refractivity contribution in [3.8, 4) is 11.4 Å². The van der Waals surface area contributed by atoms with Crippen LogP contribution in [-0.4, -0.2) is 21.8 Å². The summed E-state index contributed by atoms with van der Waals surface area (Å²) in [6.45, 7) is 0. The summed E-state index contributed by atoms with van der Waals surface area (Å²) in [7, 11) is 0. The van der Waals surface area contributed by atoms with E-state index in [1.54, 1.807) is 18.3 Å². The molecule has 25 heavy (non-hydrogen) atoms. The van der Waals surface area contributed by atoms with Gasteiger partial charge in [0, 0.05) is 22.5 Å². The number of amides is 1. The first-order valence-electron chi connectivity index (χ1n) is 7.30. The van der Waals surface area contributed by atoms with Crippen LogP contribution in [-0.2, 0) is 0 Å². The number of carbonyl (C=O) groups excluding carboxylic acids is 1. The van der Waals surface area contributed by atoms with Crippen molar-refractivity contribution in [2.45, 2.75) is 0 Å². The number of hydrazone groups is 1. The molecule has 0 aliphatic rings. The topological polar surface area (TPSA) is 66.6 Å². The Balaban J connectivity index is 1.73. The molecule has 2 N–H and O–H groups in total. The highest BCUT2D eigenvalue weighted by molar-refractivity contribution is 14.1. The van der Waals surface area contributed by atoms with Gasteiger partial charge in [0.25, 0.3) is 5.91 Å². The predicted octanol–water partition coefficient (Wildman–Crippen LogP) is 4.20. The molecule has 1 heterocycles. The van der Waals surface area contributed by atoms with Crippen molar-refractivity contribution in [3.63, 3.8) is 0 Å². The van der Waals surface area contributed by atoms with Crippen molar-refractivity contribution in [1.29, 1.82) is 0 Å². The van der Waals surface area contributed by atoms with Crippen molar-refractivity contribution >= 4 is 46.3 Å². The number of phenols is 1. The Morgan fingerprint density at radius 1 is 1.20 bits per heavy atom. The Bertz CT molecular complexity index is 936. The van der Waals surface area contributed by atoms with E-state index in [2.05, 4.69) is 10.5 Å². The zero-order chi connectivity index (χ0) is 17.8. The van der Waals surface area contributed by atoms with Gasteiger partial charge in [-0.1, -0.05) is 11.6 Å². The normalized spacial score (nSPS) is 11.0. The average Bonchev–Trinajstić information content (AvgIpc) is 3.06. The molecule has 2 aromatic carbocycles. The molecule has 7 heteroatoms. The van der Waals surface area contributed by atoms with Crippen molar-refractivity contribution in [3.05, 3.63) is 80.6 Å². The van der Waals surface area contributed by atoms with Gasteiger partial charge >= 0.3 is 0 Å². The first kappa shape index (κ1) is 17.5. The molecule has 0 unspecified atom stereocenters. The van der Waals surface area contributed by atoms with Gasteiger partial charge in [-0.3, -0.25) is 4.79 Å². The van der Waals surface area contributed by atoms with Crippen molar-refractivity contribution in [2.24, 2.45) is 5.10 Å². The van der Waals surface area contributed by atoms with Gasteiger partial charge in [0.2, 0.25) is 0 Å². The maximum atomic E-state index is 12.1. The van der Waals surface area contributed by atoms with E-state index in [0.717, 1.165) is 11.4 Å². The fourth-order valence-corrected chi connectivity index (χ4v) is 2.67. The summed E-state index contributed by atoms with van der Waals surface area (Å²) in [4.78, 5) is 12.1. The zero-order valence-electron chi connectivity index (χ0n) is 12.9. The first-order valence-corrected chi connectivity index (χ1v) is 8.75. The largest absolute Gasteiger partial charge is 0.507 e. The lowest BCUT2D eigenvalue weighted by Gasteiger charge is -2.06. The van der Waals surface area contributed by atoms with Gasteiger partial charge in [0.1, 0.15) is 5.75 Å². The van der Waals surface area contributed by atoms with E-state index in [4.69, 9.17) is 11.6 Å². The van der Waals surface area contributed by atoms with E-state index >= 15 is 0 Å². The SMILES string of the molecule is O=C(N/N=C/c1cccn1-c1ccc(Cl)cc1)c1ccc(I)c(O)c1. The third-order valence-electron chi connectivity index (χ3n) is 3.46. The quantitative estimate of drug-likeness (QED) is 0.344.